The first-order valence-corrected chi connectivity index (χ1v) is 4.70. The Hall–Kier alpha value is -1.64. The molecule has 0 saturated carbocycles. The molecule has 0 N–H and O–H groups in total. The maximum atomic E-state index is 13.0. The van der Waals surface area contributed by atoms with Crippen molar-refractivity contribution < 1.29 is 10.6 Å². The Morgan fingerprint density at radius 1 is 1.73 bits per heavy atom. The Morgan fingerprint density at radius 3 is 3.13 bits per heavy atom. The summed E-state index contributed by atoms with van der Waals surface area (Å²) < 4.78 is 21.3. The van der Waals surface area contributed by atoms with Crippen LogP contribution >= 0.6 is 0 Å². The summed E-state index contributed by atoms with van der Waals surface area (Å²) in [5.74, 6) is -0.769. The van der Waals surface area contributed by atoms with Crippen molar-refractivity contribution in [2.45, 2.75) is 12.4 Å². The fourth-order valence-electron chi connectivity index (χ4n) is 1.81. The molecule has 1 aromatic carbocycles. The molecular formula is C12H12FNO. The Labute approximate surface area is 89.4 Å². The molecule has 15 heavy (non-hydrogen) atoms. The van der Waals surface area contributed by atoms with Crippen LogP contribution < -0.4 is 0 Å². The zero-order valence-electron chi connectivity index (χ0n) is 9.46. The van der Waals surface area contributed by atoms with Gasteiger partial charge in [-0.3, -0.25) is 4.79 Å². The first kappa shape index (κ1) is 8.65. The third-order valence-electron chi connectivity index (χ3n) is 2.57. The van der Waals surface area contributed by atoms with Gasteiger partial charge in [-0.15, -0.1) is 6.58 Å². The van der Waals surface area contributed by atoms with Gasteiger partial charge in [0.05, 0.1) is 7.39 Å². The van der Waals surface area contributed by atoms with Crippen molar-refractivity contribution in [3.8, 4) is 0 Å². The average Bonchev–Trinajstić information content (AvgIpc) is 2.42. The summed E-state index contributed by atoms with van der Waals surface area (Å²) in [4.78, 5) is 13.2. The van der Waals surface area contributed by atoms with Crippen LogP contribution in [0.25, 0.3) is 0 Å². The topological polar surface area (TPSA) is 20.3 Å². The SMILES string of the molecule is [2H][C@]1(CC=C)c2ccc(F)cc2C(=O)N1C. The Morgan fingerprint density at radius 2 is 2.47 bits per heavy atom. The number of fused-ring (bicyclic) bond motifs is 1. The molecule has 0 fully saturated rings. The smallest absolute Gasteiger partial charge is 0.254 e. The van der Waals surface area contributed by atoms with Crippen LogP contribution in [0.2, 0.25) is 0 Å². The number of benzene rings is 1. The zero-order chi connectivity index (χ0) is 11.9. The van der Waals surface area contributed by atoms with Crippen LogP contribution in [-0.4, -0.2) is 17.9 Å². The average molecular weight is 206 g/mol. The third-order valence-corrected chi connectivity index (χ3v) is 2.57. The van der Waals surface area contributed by atoms with Gasteiger partial charge in [-0.25, -0.2) is 4.39 Å². The van der Waals surface area contributed by atoms with E-state index < -0.39 is 11.8 Å². The van der Waals surface area contributed by atoms with Gasteiger partial charge in [0.2, 0.25) is 0 Å². The molecule has 0 aromatic heterocycles. The van der Waals surface area contributed by atoms with Crippen LogP contribution in [0.5, 0.6) is 0 Å². The van der Waals surface area contributed by atoms with E-state index in [0.29, 0.717) is 12.0 Å². The van der Waals surface area contributed by atoms with E-state index >= 15 is 0 Å². The highest BCUT2D eigenvalue weighted by Crippen LogP contribution is 2.34. The van der Waals surface area contributed by atoms with E-state index in [0.717, 1.165) is 0 Å². The lowest BCUT2D eigenvalue weighted by Crippen LogP contribution is -2.22. The van der Waals surface area contributed by atoms with Gasteiger partial charge in [-0.1, -0.05) is 12.1 Å². The van der Waals surface area contributed by atoms with E-state index in [9.17, 15) is 9.18 Å². The summed E-state index contributed by atoms with van der Waals surface area (Å²) in [6, 6.07) is 2.82. The molecular weight excluding hydrogens is 193 g/mol. The molecule has 3 heteroatoms. The van der Waals surface area contributed by atoms with E-state index in [-0.39, 0.29) is 11.5 Å². The van der Waals surface area contributed by atoms with E-state index in [2.05, 4.69) is 6.58 Å². The molecule has 0 aliphatic carbocycles. The predicted molar refractivity (Wildman–Crippen MR) is 56.0 cm³/mol. The maximum Gasteiger partial charge on any atom is 0.254 e. The van der Waals surface area contributed by atoms with Gasteiger partial charge in [-0.05, 0) is 24.1 Å². The summed E-state index contributed by atoms with van der Waals surface area (Å²) >= 11 is 0. The van der Waals surface area contributed by atoms with Gasteiger partial charge in [0.15, 0.2) is 0 Å². The van der Waals surface area contributed by atoms with Crippen molar-refractivity contribution in [3.05, 3.63) is 47.8 Å². The lowest BCUT2D eigenvalue weighted by Gasteiger charge is -2.18. The van der Waals surface area contributed by atoms with Gasteiger partial charge >= 0.3 is 0 Å². The zero-order valence-corrected chi connectivity index (χ0v) is 8.46. The summed E-state index contributed by atoms with van der Waals surface area (Å²) in [5, 5.41) is 0. The third kappa shape index (κ3) is 1.44. The highest BCUT2D eigenvalue weighted by Gasteiger charge is 2.33. The molecule has 1 aromatic rings. The van der Waals surface area contributed by atoms with E-state index in [1.54, 1.807) is 13.1 Å². The highest BCUT2D eigenvalue weighted by molar-refractivity contribution is 5.99. The van der Waals surface area contributed by atoms with Crippen molar-refractivity contribution in [1.29, 1.82) is 0 Å². The van der Waals surface area contributed by atoms with E-state index in [4.69, 9.17) is 1.37 Å². The molecule has 1 heterocycles. The van der Waals surface area contributed by atoms with Crippen LogP contribution in [-0.2, 0) is 0 Å². The second-order valence-electron chi connectivity index (χ2n) is 3.49. The van der Waals surface area contributed by atoms with Crippen LogP contribution in [0.1, 0.15) is 29.7 Å². The highest BCUT2D eigenvalue weighted by atomic mass is 19.1. The van der Waals surface area contributed by atoms with Crippen LogP contribution in [0.4, 0.5) is 4.39 Å². The second-order valence-corrected chi connectivity index (χ2v) is 3.49. The number of halogens is 1. The predicted octanol–water partition coefficient (Wildman–Crippen LogP) is 2.53. The van der Waals surface area contributed by atoms with Crippen LogP contribution in [0.15, 0.2) is 30.9 Å². The molecule has 1 atom stereocenters. The lowest BCUT2D eigenvalue weighted by atomic mass is 10.0. The van der Waals surface area contributed by atoms with Gasteiger partial charge in [0.25, 0.3) is 5.91 Å². The first-order chi connectivity index (χ1) is 7.50. The minimum absolute atomic E-state index is 0.277. The molecule has 2 rings (SSSR count). The first-order valence-electron chi connectivity index (χ1n) is 5.20. The fourth-order valence-corrected chi connectivity index (χ4v) is 1.81. The van der Waals surface area contributed by atoms with Crippen molar-refractivity contribution in [2.75, 3.05) is 7.05 Å². The van der Waals surface area contributed by atoms with Crippen molar-refractivity contribution in [3.63, 3.8) is 0 Å². The van der Waals surface area contributed by atoms with E-state index in [1.807, 2.05) is 0 Å². The molecule has 0 radical (unpaired) electrons. The summed E-state index contributed by atoms with van der Waals surface area (Å²) in [6.45, 7) is 3.59. The largest absolute Gasteiger partial charge is 0.334 e. The normalized spacial score (nSPS) is 25.1. The summed E-state index contributed by atoms with van der Waals surface area (Å²) in [7, 11) is 1.55. The monoisotopic (exact) mass is 206 g/mol. The fraction of sp³-hybridized carbons (Fsp3) is 0.250. The summed E-state index contributed by atoms with van der Waals surface area (Å²) in [5.41, 5.74) is 0.820. The summed E-state index contributed by atoms with van der Waals surface area (Å²) in [6.07, 6.45) is 1.92. The standard InChI is InChI=1S/C12H12FNO/c1-3-4-11-9-6-5-8(13)7-10(9)12(15)14(11)2/h3,5-7,11H,1,4H2,2H3/t11-/m0/s1/i11D. The number of hydrogen-bond donors (Lipinski definition) is 0. The molecule has 78 valence electrons. The van der Waals surface area contributed by atoms with Crippen LogP contribution in [0, 0.1) is 5.82 Å². The van der Waals surface area contributed by atoms with Gasteiger partial charge in [0.1, 0.15) is 5.82 Å². The van der Waals surface area contributed by atoms with Gasteiger partial charge < -0.3 is 4.90 Å². The van der Waals surface area contributed by atoms with Gasteiger partial charge in [-0.2, -0.15) is 0 Å². The molecule has 0 bridgehead atoms. The molecule has 1 aliphatic heterocycles. The second kappa shape index (κ2) is 3.50. The molecule has 0 spiro atoms. The minimum atomic E-state index is -1.15. The number of nitrogens with zero attached hydrogens (tertiary/aromatic N) is 1. The Bertz CT molecular complexity index is 474. The number of carbonyl (C=O) groups excluding carboxylic acids is 1. The molecule has 2 nitrogen and oxygen atoms in total. The number of hydrogen-bond acceptors (Lipinski definition) is 1. The quantitative estimate of drug-likeness (QED) is 0.681. The van der Waals surface area contributed by atoms with Crippen LogP contribution in [0.3, 0.4) is 0 Å². The van der Waals surface area contributed by atoms with Crippen molar-refractivity contribution in [1.82, 2.24) is 4.90 Å². The number of amides is 1. The van der Waals surface area contributed by atoms with Gasteiger partial charge in [0, 0.05) is 12.6 Å². The van der Waals surface area contributed by atoms with Crippen molar-refractivity contribution in [2.24, 2.45) is 0 Å². The number of carbonyl (C=O) groups is 1. The lowest BCUT2D eigenvalue weighted by molar-refractivity contribution is 0.0775. The minimum Gasteiger partial charge on any atom is -0.334 e. The van der Waals surface area contributed by atoms with Crippen molar-refractivity contribution >= 4 is 5.91 Å². The Balaban J connectivity index is 2.62. The van der Waals surface area contributed by atoms with E-state index in [1.165, 1.54) is 23.1 Å². The molecule has 0 saturated heterocycles. The molecule has 1 aliphatic rings. The number of rotatable bonds is 2. The molecule has 0 unspecified atom stereocenters. The molecule has 1 amide bonds. The maximum absolute atomic E-state index is 13.0. The Kier molecular flexibility index (Phi) is 2.02.